The highest BCUT2D eigenvalue weighted by Gasteiger charge is 2.04. The number of hydrogen-bond acceptors (Lipinski definition) is 2. The van der Waals surface area contributed by atoms with Gasteiger partial charge in [0.15, 0.2) is 0 Å². The zero-order valence-electron chi connectivity index (χ0n) is 11.3. The first-order valence-corrected chi connectivity index (χ1v) is 6.19. The first-order valence-electron chi connectivity index (χ1n) is 6.19. The Morgan fingerprint density at radius 1 is 1.15 bits per heavy atom. The molecule has 2 rings (SSSR count). The molecule has 0 saturated heterocycles. The molecule has 4 heteroatoms. The summed E-state index contributed by atoms with van der Waals surface area (Å²) in [4.78, 5) is 22.0. The average molecular weight is 269 g/mol. The Morgan fingerprint density at radius 2 is 1.90 bits per heavy atom. The molecule has 0 spiro atoms. The molecule has 2 aromatic rings. The Kier molecular flexibility index (Phi) is 3.84. The fourth-order valence-corrected chi connectivity index (χ4v) is 2.01. The lowest BCUT2D eigenvalue weighted by atomic mass is 10.0. The zero-order chi connectivity index (χ0) is 14.7. The number of carboxylic acid groups (broad SMARTS) is 1. The summed E-state index contributed by atoms with van der Waals surface area (Å²) in [6.45, 7) is 3.02. The molecule has 20 heavy (non-hydrogen) atoms. The lowest BCUT2D eigenvalue weighted by molar-refractivity contribution is -0.132. The number of hydrogen-bond donors (Lipinski definition) is 2. The molecule has 0 aliphatic heterocycles. The number of benzene rings is 2. The lowest BCUT2D eigenvalue weighted by Crippen LogP contribution is -2.05. The number of carbonyl (C=O) groups excluding carboxylic acids is 1. The van der Waals surface area contributed by atoms with Gasteiger partial charge in [0, 0.05) is 18.2 Å². The van der Waals surface area contributed by atoms with Gasteiger partial charge in [-0.3, -0.25) is 4.79 Å². The minimum absolute atomic E-state index is 0.123. The number of carboxylic acids is 1. The molecule has 102 valence electrons. The summed E-state index contributed by atoms with van der Waals surface area (Å²) >= 11 is 0. The molecule has 0 aliphatic carbocycles. The minimum atomic E-state index is -0.933. The largest absolute Gasteiger partial charge is 0.478 e. The van der Waals surface area contributed by atoms with Crippen LogP contribution in [0.1, 0.15) is 19.4 Å². The van der Waals surface area contributed by atoms with Crippen LogP contribution in [0.2, 0.25) is 0 Å². The Balaban J connectivity index is 2.51. The Bertz CT molecular complexity index is 717. The van der Waals surface area contributed by atoms with Crippen LogP contribution in [0.25, 0.3) is 16.8 Å². The highest BCUT2D eigenvalue weighted by Crippen LogP contribution is 2.24. The number of fused-ring (bicyclic) bond motifs is 1. The highest BCUT2D eigenvalue weighted by atomic mass is 16.4. The van der Waals surface area contributed by atoms with Crippen LogP contribution in [-0.2, 0) is 9.59 Å². The maximum absolute atomic E-state index is 11.1. The smallest absolute Gasteiger partial charge is 0.331 e. The molecule has 0 heterocycles. The Morgan fingerprint density at radius 3 is 2.55 bits per heavy atom. The van der Waals surface area contributed by atoms with Gasteiger partial charge < -0.3 is 10.4 Å². The molecule has 4 nitrogen and oxygen atoms in total. The van der Waals surface area contributed by atoms with E-state index in [9.17, 15) is 9.59 Å². The van der Waals surface area contributed by atoms with Crippen molar-refractivity contribution < 1.29 is 14.7 Å². The van der Waals surface area contributed by atoms with Crippen molar-refractivity contribution in [3.05, 3.63) is 47.5 Å². The molecule has 0 radical (unpaired) electrons. The third-order valence-corrected chi connectivity index (χ3v) is 2.94. The van der Waals surface area contributed by atoms with E-state index in [1.165, 1.54) is 6.92 Å². The van der Waals surface area contributed by atoms with Gasteiger partial charge in [0.1, 0.15) is 0 Å². The maximum atomic E-state index is 11.1. The monoisotopic (exact) mass is 269 g/mol. The summed E-state index contributed by atoms with van der Waals surface area (Å²) in [5, 5.41) is 13.6. The van der Waals surface area contributed by atoms with Crippen molar-refractivity contribution in [3.63, 3.8) is 0 Å². The molecule has 1 amide bonds. The number of amides is 1. The molecule has 2 aromatic carbocycles. The third kappa shape index (κ3) is 3.03. The average Bonchev–Trinajstić information content (AvgIpc) is 2.37. The molecule has 0 aromatic heterocycles. The number of rotatable bonds is 3. The van der Waals surface area contributed by atoms with E-state index in [0.717, 1.165) is 22.0 Å². The quantitative estimate of drug-likeness (QED) is 0.840. The molecule has 0 unspecified atom stereocenters. The van der Waals surface area contributed by atoms with Gasteiger partial charge in [0.05, 0.1) is 0 Å². The van der Waals surface area contributed by atoms with Gasteiger partial charge in [-0.1, -0.05) is 24.3 Å². The van der Waals surface area contributed by atoms with Crippen molar-refractivity contribution in [2.75, 3.05) is 5.32 Å². The molecule has 0 aliphatic rings. The molecule has 0 fully saturated rings. The van der Waals surface area contributed by atoms with Gasteiger partial charge in [0.25, 0.3) is 0 Å². The summed E-state index contributed by atoms with van der Waals surface area (Å²) < 4.78 is 0. The minimum Gasteiger partial charge on any atom is -0.478 e. The first kappa shape index (κ1) is 13.8. The maximum Gasteiger partial charge on any atom is 0.331 e. The van der Waals surface area contributed by atoms with Crippen LogP contribution >= 0.6 is 0 Å². The van der Waals surface area contributed by atoms with E-state index in [1.54, 1.807) is 19.1 Å². The van der Waals surface area contributed by atoms with Gasteiger partial charge in [-0.25, -0.2) is 4.79 Å². The van der Waals surface area contributed by atoms with Crippen molar-refractivity contribution in [1.29, 1.82) is 0 Å². The van der Waals surface area contributed by atoms with Gasteiger partial charge in [0.2, 0.25) is 5.91 Å². The lowest BCUT2D eigenvalue weighted by Gasteiger charge is -2.07. The molecule has 0 bridgehead atoms. The van der Waals surface area contributed by atoms with Crippen molar-refractivity contribution in [3.8, 4) is 0 Å². The summed E-state index contributed by atoms with van der Waals surface area (Å²) in [6, 6.07) is 11.2. The molecule has 0 saturated carbocycles. The van der Waals surface area contributed by atoms with Gasteiger partial charge in [-0.15, -0.1) is 0 Å². The second-order valence-corrected chi connectivity index (χ2v) is 4.60. The normalized spacial score (nSPS) is 11.4. The van der Waals surface area contributed by atoms with E-state index in [-0.39, 0.29) is 11.5 Å². The van der Waals surface area contributed by atoms with Gasteiger partial charge in [-0.05, 0) is 41.5 Å². The van der Waals surface area contributed by atoms with Crippen LogP contribution in [0.3, 0.4) is 0 Å². The summed E-state index contributed by atoms with van der Waals surface area (Å²) in [5.74, 6) is -1.06. The zero-order valence-corrected chi connectivity index (χ0v) is 11.3. The predicted molar refractivity (Wildman–Crippen MR) is 79.5 cm³/mol. The van der Waals surface area contributed by atoms with Crippen LogP contribution in [-0.4, -0.2) is 17.0 Å². The highest BCUT2D eigenvalue weighted by molar-refractivity contribution is 5.99. The van der Waals surface area contributed by atoms with Gasteiger partial charge in [-0.2, -0.15) is 0 Å². The summed E-state index contributed by atoms with van der Waals surface area (Å²) in [6.07, 6.45) is 1.64. The second kappa shape index (κ2) is 5.57. The Hall–Kier alpha value is -2.62. The Labute approximate surface area is 116 Å². The fourth-order valence-electron chi connectivity index (χ4n) is 2.01. The summed E-state index contributed by atoms with van der Waals surface area (Å²) in [7, 11) is 0. The van der Waals surface area contributed by atoms with E-state index in [4.69, 9.17) is 5.11 Å². The standard InChI is InChI=1S/C16H15NO3/c1-10(16(19)20)8-12-4-3-5-13-9-14(17-11(2)18)6-7-15(12)13/h3-9H,1-2H3,(H,17,18)(H,19,20). The van der Waals surface area contributed by atoms with Gasteiger partial charge >= 0.3 is 5.97 Å². The van der Waals surface area contributed by atoms with Crippen LogP contribution < -0.4 is 5.32 Å². The molecular formula is C16H15NO3. The van der Waals surface area contributed by atoms with Crippen LogP contribution in [0.15, 0.2) is 42.0 Å². The van der Waals surface area contributed by atoms with Crippen LogP contribution in [0, 0.1) is 0 Å². The van der Waals surface area contributed by atoms with Crippen molar-refractivity contribution in [2.45, 2.75) is 13.8 Å². The SMILES string of the molecule is CC(=O)Nc1ccc2c(C=C(C)C(=O)O)cccc2c1. The molecule has 0 atom stereocenters. The molecular weight excluding hydrogens is 254 g/mol. The van der Waals surface area contributed by atoms with E-state index in [2.05, 4.69) is 5.32 Å². The van der Waals surface area contributed by atoms with Crippen LogP contribution in [0.4, 0.5) is 5.69 Å². The number of anilines is 1. The number of nitrogens with one attached hydrogen (secondary N) is 1. The van der Waals surface area contributed by atoms with E-state index in [1.807, 2.05) is 30.3 Å². The first-order chi connectivity index (χ1) is 9.47. The van der Waals surface area contributed by atoms with Crippen LogP contribution in [0.5, 0.6) is 0 Å². The molecule has 2 N–H and O–H groups in total. The number of carbonyl (C=O) groups is 2. The second-order valence-electron chi connectivity index (χ2n) is 4.60. The topological polar surface area (TPSA) is 66.4 Å². The number of aliphatic carboxylic acids is 1. The third-order valence-electron chi connectivity index (χ3n) is 2.94. The van der Waals surface area contributed by atoms with Crippen molar-refractivity contribution in [2.24, 2.45) is 0 Å². The predicted octanol–water partition coefficient (Wildman–Crippen LogP) is 3.29. The summed E-state index contributed by atoms with van der Waals surface area (Å²) in [5.41, 5.74) is 1.85. The van der Waals surface area contributed by atoms with E-state index >= 15 is 0 Å². The van der Waals surface area contributed by atoms with E-state index < -0.39 is 5.97 Å². The van der Waals surface area contributed by atoms with Crippen molar-refractivity contribution in [1.82, 2.24) is 0 Å². The van der Waals surface area contributed by atoms with Crippen molar-refractivity contribution >= 4 is 34.4 Å². The fraction of sp³-hybridized carbons (Fsp3) is 0.125. The van der Waals surface area contributed by atoms with E-state index in [0.29, 0.717) is 0 Å².